The Morgan fingerprint density at radius 2 is 2.33 bits per heavy atom. The van der Waals surface area contributed by atoms with Crippen molar-refractivity contribution in [2.24, 2.45) is 5.73 Å². The van der Waals surface area contributed by atoms with Gasteiger partial charge in [0.2, 0.25) is 5.91 Å². The second-order valence-corrected chi connectivity index (χ2v) is 3.71. The number of nitrogens with zero attached hydrogens (tertiary/aromatic N) is 3. The van der Waals surface area contributed by atoms with Crippen LogP contribution in [-0.2, 0) is 17.9 Å². The van der Waals surface area contributed by atoms with Crippen LogP contribution in [0.5, 0.6) is 0 Å². The Labute approximate surface area is 89.9 Å². The smallest absolute Gasteiger partial charge is 0.231 e. The number of hydrogen-bond donors (Lipinski definition) is 1. The molecule has 0 aliphatic carbocycles. The van der Waals surface area contributed by atoms with Gasteiger partial charge in [0, 0.05) is 24.3 Å². The van der Waals surface area contributed by atoms with Gasteiger partial charge in [0.05, 0.1) is 12.7 Å². The summed E-state index contributed by atoms with van der Waals surface area (Å²) in [7, 11) is 1.87. The lowest BCUT2D eigenvalue weighted by atomic mass is 10.2. The zero-order valence-electron chi connectivity index (χ0n) is 9.53. The normalized spacial score (nSPS) is 10.9. The van der Waals surface area contributed by atoms with Crippen molar-refractivity contribution < 1.29 is 4.79 Å². The molecule has 0 aliphatic heterocycles. The minimum atomic E-state index is -0.307. The lowest BCUT2D eigenvalue weighted by molar-refractivity contribution is -0.118. The third-order valence-electron chi connectivity index (χ3n) is 2.37. The third kappa shape index (κ3) is 3.06. The zero-order chi connectivity index (χ0) is 11.4. The molecule has 0 unspecified atom stereocenters. The van der Waals surface area contributed by atoms with E-state index in [1.165, 1.54) is 0 Å². The van der Waals surface area contributed by atoms with Crippen LogP contribution in [0.2, 0.25) is 0 Å². The van der Waals surface area contributed by atoms with E-state index >= 15 is 0 Å². The summed E-state index contributed by atoms with van der Waals surface area (Å²) in [5.41, 5.74) is 7.40. The van der Waals surface area contributed by atoms with Crippen LogP contribution in [0, 0.1) is 6.92 Å². The molecule has 1 amide bonds. The molecule has 0 aromatic carbocycles. The Morgan fingerprint density at radius 1 is 1.67 bits per heavy atom. The third-order valence-corrected chi connectivity index (χ3v) is 2.37. The number of carbonyl (C=O) groups is 1. The largest absolute Gasteiger partial charge is 0.369 e. The number of rotatable bonds is 5. The molecule has 0 atom stereocenters. The monoisotopic (exact) mass is 210 g/mol. The van der Waals surface area contributed by atoms with Crippen LogP contribution >= 0.6 is 0 Å². The molecule has 0 aliphatic rings. The summed E-state index contributed by atoms with van der Waals surface area (Å²) in [5.74, 6) is -0.307. The number of hydrogen-bond acceptors (Lipinski definition) is 3. The molecule has 15 heavy (non-hydrogen) atoms. The van der Waals surface area contributed by atoms with Crippen molar-refractivity contribution >= 4 is 5.91 Å². The summed E-state index contributed by atoms with van der Waals surface area (Å²) < 4.78 is 1.94. The lowest BCUT2D eigenvalue weighted by Gasteiger charge is -2.13. The van der Waals surface area contributed by atoms with Crippen LogP contribution in [0.3, 0.4) is 0 Å². The first-order chi connectivity index (χ1) is 7.04. The summed E-state index contributed by atoms with van der Waals surface area (Å²) in [6, 6.07) is 0. The Hall–Kier alpha value is -1.36. The van der Waals surface area contributed by atoms with Crippen LogP contribution in [0.1, 0.15) is 18.2 Å². The van der Waals surface area contributed by atoms with Gasteiger partial charge in [-0.2, -0.15) is 5.10 Å². The van der Waals surface area contributed by atoms with Crippen molar-refractivity contribution in [1.29, 1.82) is 0 Å². The predicted molar refractivity (Wildman–Crippen MR) is 58.2 cm³/mol. The molecule has 2 N–H and O–H groups in total. The molecule has 84 valence electrons. The first kappa shape index (κ1) is 11.7. The van der Waals surface area contributed by atoms with E-state index in [9.17, 15) is 4.79 Å². The number of likely N-dealkylation sites (N-methyl/N-ethyl adjacent to an activating group) is 1. The van der Waals surface area contributed by atoms with E-state index in [0.29, 0.717) is 6.54 Å². The van der Waals surface area contributed by atoms with E-state index in [4.69, 9.17) is 5.73 Å². The predicted octanol–water partition coefficient (Wildman–Crippen LogP) is 0.129. The van der Waals surface area contributed by atoms with Gasteiger partial charge in [0.25, 0.3) is 0 Å². The van der Waals surface area contributed by atoms with E-state index in [1.54, 1.807) is 0 Å². The number of aryl methyl sites for hydroxylation is 1. The van der Waals surface area contributed by atoms with Crippen molar-refractivity contribution in [3.8, 4) is 0 Å². The van der Waals surface area contributed by atoms with Gasteiger partial charge in [-0.15, -0.1) is 0 Å². The van der Waals surface area contributed by atoms with Gasteiger partial charge >= 0.3 is 0 Å². The molecule has 5 heteroatoms. The molecule has 5 nitrogen and oxygen atoms in total. The Kier molecular flexibility index (Phi) is 3.85. The summed E-state index contributed by atoms with van der Waals surface area (Å²) in [6.45, 7) is 5.93. The molecular weight excluding hydrogens is 192 g/mol. The average molecular weight is 210 g/mol. The number of primary amides is 1. The van der Waals surface area contributed by atoms with E-state index < -0.39 is 0 Å². The second-order valence-electron chi connectivity index (χ2n) is 3.71. The molecule has 0 saturated carbocycles. The minimum absolute atomic E-state index is 0.275. The maximum absolute atomic E-state index is 10.7. The molecule has 0 saturated heterocycles. The molecule has 0 spiro atoms. The second kappa shape index (κ2) is 4.93. The Bertz CT molecular complexity index is 345. The van der Waals surface area contributed by atoms with Gasteiger partial charge in [-0.05, 0) is 20.9 Å². The van der Waals surface area contributed by atoms with Crippen molar-refractivity contribution in [3.63, 3.8) is 0 Å². The van der Waals surface area contributed by atoms with Crippen LogP contribution < -0.4 is 5.73 Å². The molecule has 1 heterocycles. The fraction of sp³-hybridized carbons (Fsp3) is 0.600. The van der Waals surface area contributed by atoms with Crippen LogP contribution in [0.15, 0.2) is 6.20 Å². The molecule has 0 fully saturated rings. The van der Waals surface area contributed by atoms with E-state index in [0.717, 1.165) is 17.8 Å². The van der Waals surface area contributed by atoms with Crippen molar-refractivity contribution in [3.05, 3.63) is 17.5 Å². The molecule has 0 bridgehead atoms. The summed E-state index contributed by atoms with van der Waals surface area (Å²) in [6.07, 6.45) is 1.84. The number of carbonyl (C=O) groups excluding carboxylic acids is 1. The first-order valence-electron chi connectivity index (χ1n) is 5.02. The Morgan fingerprint density at radius 3 is 2.80 bits per heavy atom. The van der Waals surface area contributed by atoms with Crippen molar-refractivity contribution in [2.45, 2.75) is 26.9 Å². The van der Waals surface area contributed by atoms with E-state index in [-0.39, 0.29) is 12.5 Å². The average Bonchev–Trinajstić information content (AvgIpc) is 2.46. The number of nitrogens with two attached hydrogens (primary N) is 1. The molecule has 0 radical (unpaired) electrons. The fourth-order valence-corrected chi connectivity index (χ4v) is 1.57. The van der Waals surface area contributed by atoms with Gasteiger partial charge in [-0.3, -0.25) is 14.4 Å². The SMILES string of the molecule is CCn1ncc(CN(C)CC(N)=O)c1C. The molecule has 1 aromatic heterocycles. The Balaban J connectivity index is 2.64. The highest BCUT2D eigenvalue weighted by Gasteiger charge is 2.09. The zero-order valence-corrected chi connectivity index (χ0v) is 9.53. The first-order valence-corrected chi connectivity index (χ1v) is 5.02. The maximum atomic E-state index is 10.7. The highest BCUT2D eigenvalue weighted by molar-refractivity contribution is 5.75. The quantitative estimate of drug-likeness (QED) is 0.751. The highest BCUT2D eigenvalue weighted by Crippen LogP contribution is 2.09. The van der Waals surface area contributed by atoms with Gasteiger partial charge in [0.1, 0.15) is 0 Å². The molecule has 1 rings (SSSR count). The van der Waals surface area contributed by atoms with E-state index in [2.05, 4.69) is 12.0 Å². The minimum Gasteiger partial charge on any atom is -0.369 e. The van der Waals surface area contributed by atoms with Gasteiger partial charge in [0.15, 0.2) is 0 Å². The number of amides is 1. The summed E-state index contributed by atoms with van der Waals surface area (Å²) in [4.78, 5) is 12.6. The van der Waals surface area contributed by atoms with Crippen LogP contribution in [0.25, 0.3) is 0 Å². The van der Waals surface area contributed by atoms with Gasteiger partial charge in [-0.25, -0.2) is 0 Å². The topological polar surface area (TPSA) is 64.2 Å². The maximum Gasteiger partial charge on any atom is 0.231 e. The highest BCUT2D eigenvalue weighted by atomic mass is 16.1. The molecular formula is C10H18N4O. The van der Waals surface area contributed by atoms with Gasteiger partial charge in [-0.1, -0.05) is 0 Å². The summed E-state index contributed by atoms with van der Waals surface area (Å²) in [5, 5.41) is 4.24. The fourth-order valence-electron chi connectivity index (χ4n) is 1.57. The van der Waals surface area contributed by atoms with Crippen molar-refractivity contribution in [2.75, 3.05) is 13.6 Å². The van der Waals surface area contributed by atoms with Crippen LogP contribution in [-0.4, -0.2) is 34.2 Å². The summed E-state index contributed by atoms with van der Waals surface area (Å²) >= 11 is 0. The van der Waals surface area contributed by atoms with Gasteiger partial charge < -0.3 is 5.73 Å². The molecule has 1 aromatic rings. The van der Waals surface area contributed by atoms with E-state index in [1.807, 2.05) is 29.7 Å². The number of aromatic nitrogens is 2. The van der Waals surface area contributed by atoms with Crippen molar-refractivity contribution in [1.82, 2.24) is 14.7 Å². The van der Waals surface area contributed by atoms with Crippen LogP contribution in [0.4, 0.5) is 0 Å². The lowest BCUT2D eigenvalue weighted by Crippen LogP contribution is -2.30. The standard InChI is InChI=1S/C10H18N4O/c1-4-14-8(2)9(5-12-14)6-13(3)7-10(11)15/h5H,4,6-7H2,1-3H3,(H2,11,15).